The van der Waals surface area contributed by atoms with Crippen molar-refractivity contribution in [3.63, 3.8) is 0 Å². The fourth-order valence-electron chi connectivity index (χ4n) is 3.97. The van der Waals surface area contributed by atoms with E-state index in [-0.39, 0.29) is 0 Å². The Morgan fingerprint density at radius 2 is 1.85 bits per heavy atom. The van der Waals surface area contributed by atoms with Crippen molar-refractivity contribution < 1.29 is 9.47 Å². The van der Waals surface area contributed by atoms with Gasteiger partial charge in [0.15, 0.2) is 5.69 Å². The van der Waals surface area contributed by atoms with E-state index in [1.54, 1.807) is 11.8 Å². The number of para-hydroxylation sites is 1. The molecule has 168 valence electrons. The van der Waals surface area contributed by atoms with Gasteiger partial charge in [-0.25, -0.2) is 0 Å². The molecule has 0 radical (unpaired) electrons. The smallest absolute Gasteiger partial charge is 0.247 e. The summed E-state index contributed by atoms with van der Waals surface area (Å²) in [5.41, 5.74) is 3.42. The van der Waals surface area contributed by atoms with Gasteiger partial charge in [-0.15, -0.1) is 10.2 Å². The van der Waals surface area contributed by atoms with Crippen molar-refractivity contribution in [3.8, 4) is 22.9 Å². The van der Waals surface area contributed by atoms with Crippen molar-refractivity contribution in [1.29, 1.82) is 0 Å². The van der Waals surface area contributed by atoms with Crippen molar-refractivity contribution in [2.45, 2.75) is 38.1 Å². The number of anilines is 1. The Morgan fingerprint density at radius 1 is 1.00 bits per heavy atom. The van der Waals surface area contributed by atoms with Gasteiger partial charge in [-0.3, -0.25) is 0 Å². The van der Waals surface area contributed by atoms with E-state index in [0.29, 0.717) is 23.3 Å². The highest BCUT2D eigenvalue weighted by molar-refractivity contribution is 7.99. The number of thioether (sulfide) groups is 1. The lowest BCUT2D eigenvalue weighted by atomic mass is 10.0. The van der Waals surface area contributed by atoms with E-state index in [0.717, 1.165) is 51.9 Å². The Balaban J connectivity index is 1.67. The van der Waals surface area contributed by atoms with Crippen molar-refractivity contribution in [2.75, 3.05) is 17.7 Å². The van der Waals surface area contributed by atoms with E-state index in [1.807, 2.05) is 42.5 Å². The zero-order valence-corrected chi connectivity index (χ0v) is 19.6. The molecule has 1 atom stereocenters. The molecule has 0 aliphatic carbocycles. The Morgan fingerprint density at radius 3 is 2.73 bits per heavy atom. The van der Waals surface area contributed by atoms with Crippen LogP contribution in [0.1, 0.15) is 38.5 Å². The number of fused-ring (bicyclic) bond motifs is 4. The van der Waals surface area contributed by atoms with Crippen LogP contribution in [-0.4, -0.2) is 27.5 Å². The summed E-state index contributed by atoms with van der Waals surface area (Å²) in [5.74, 6) is 2.14. The van der Waals surface area contributed by atoms with Gasteiger partial charge in [-0.2, -0.15) is 4.98 Å². The quantitative estimate of drug-likeness (QED) is 0.251. The first-order valence-corrected chi connectivity index (χ1v) is 12.3. The molecule has 2 heterocycles. The molecule has 4 aromatic rings. The Labute approximate surface area is 197 Å². The minimum Gasteiger partial charge on any atom is -0.493 e. The summed E-state index contributed by atoms with van der Waals surface area (Å²) in [4.78, 5) is 4.71. The van der Waals surface area contributed by atoms with Gasteiger partial charge in [-0.1, -0.05) is 80.6 Å². The van der Waals surface area contributed by atoms with Crippen LogP contribution in [0.4, 0.5) is 5.69 Å². The number of unbranched alkanes of at least 4 members (excludes halogenated alkanes) is 1. The van der Waals surface area contributed by atoms with Crippen LogP contribution in [0.5, 0.6) is 11.6 Å². The summed E-state index contributed by atoms with van der Waals surface area (Å²) >= 11 is 1.54. The number of rotatable bonds is 7. The zero-order chi connectivity index (χ0) is 22.6. The van der Waals surface area contributed by atoms with E-state index >= 15 is 0 Å². The zero-order valence-electron chi connectivity index (χ0n) is 18.7. The van der Waals surface area contributed by atoms with Crippen LogP contribution in [-0.2, 0) is 0 Å². The standard InChI is InChI=1S/C26H26N4O2S/c1-3-5-16-31-21-15-14-17-10-6-7-11-18(17)22(21)24-27-20-13-9-8-12-19(20)23-25(32-24)28-26(30-29-23)33-4-2/h6-15,24,27H,3-5,16H2,1-2H3/t24-/m1/s1. The van der Waals surface area contributed by atoms with Crippen molar-refractivity contribution in [1.82, 2.24) is 15.2 Å². The largest absolute Gasteiger partial charge is 0.493 e. The molecule has 0 saturated carbocycles. The highest BCUT2D eigenvalue weighted by atomic mass is 32.2. The first-order valence-electron chi connectivity index (χ1n) is 11.3. The normalized spacial score (nSPS) is 14.5. The summed E-state index contributed by atoms with van der Waals surface area (Å²) in [6.45, 7) is 4.88. The summed E-state index contributed by atoms with van der Waals surface area (Å²) < 4.78 is 12.8. The first kappa shape index (κ1) is 21.5. The number of aromatic nitrogens is 3. The lowest BCUT2D eigenvalue weighted by Gasteiger charge is -2.23. The van der Waals surface area contributed by atoms with Gasteiger partial charge in [0.25, 0.3) is 0 Å². The Bertz CT molecular complexity index is 1280. The van der Waals surface area contributed by atoms with Gasteiger partial charge >= 0.3 is 0 Å². The number of hydrogen-bond acceptors (Lipinski definition) is 7. The van der Waals surface area contributed by atoms with Gasteiger partial charge in [-0.05, 0) is 35.1 Å². The van der Waals surface area contributed by atoms with Gasteiger partial charge in [0.1, 0.15) is 5.75 Å². The van der Waals surface area contributed by atoms with Gasteiger partial charge in [0.05, 0.1) is 12.2 Å². The number of ether oxygens (including phenoxy) is 2. The monoisotopic (exact) mass is 458 g/mol. The molecule has 1 aromatic heterocycles. The molecule has 33 heavy (non-hydrogen) atoms. The third-order valence-corrected chi connectivity index (χ3v) is 6.28. The van der Waals surface area contributed by atoms with E-state index in [4.69, 9.17) is 14.5 Å². The molecular weight excluding hydrogens is 432 g/mol. The molecule has 0 spiro atoms. The summed E-state index contributed by atoms with van der Waals surface area (Å²) in [6, 6.07) is 20.4. The van der Waals surface area contributed by atoms with Gasteiger partial charge in [0.2, 0.25) is 17.3 Å². The molecule has 3 aromatic carbocycles. The maximum absolute atomic E-state index is 6.55. The number of hydrogen-bond donors (Lipinski definition) is 1. The number of nitrogens with zero attached hydrogens (tertiary/aromatic N) is 3. The molecule has 7 heteroatoms. The summed E-state index contributed by atoms with van der Waals surface area (Å²) in [7, 11) is 0. The number of nitrogens with one attached hydrogen (secondary N) is 1. The van der Waals surface area contributed by atoms with E-state index in [2.05, 4.69) is 47.6 Å². The van der Waals surface area contributed by atoms with E-state index < -0.39 is 6.23 Å². The Hall–Kier alpha value is -3.32. The maximum atomic E-state index is 6.55. The van der Waals surface area contributed by atoms with Crippen molar-refractivity contribution in [3.05, 3.63) is 66.2 Å². The maximum Gasteiger partial charge on any atom is 0.247 e. The SMILES string of the molecule is CCCCOc1ccc2ccccc2c1[C@@H]1Nc2ccccc2-c2nnc(SCC)nc2O1. The van der Waals surface area contributed by atoms with Crippen LogP contribution in [0.2, 0.25) is 0 Å². The number of benzene rings is 3. The fraction of sp³-hybridized carbons (Fsp3) is 0.269. The lowest BCUT2D eigenvalue weighted by Crippen LogP contribution is -2.19. The third-order valence-electron chi connectivity index (χ3n) is 5.56. The van der Waals surface area contributed by atoms with Crippen LogP contribution in [0.3, 0.4) is 0 Å². The minimum absolute atomic E-state index is 0.468. The molecular formula is C26H26N4O2S. The molecule has 5 rings (SSSR count). The molecule has 0 unspecified atom stereocenters. The molecule has 0 bridgehead atoms. The molecule has 1 aliphatic rings. The predicted molar refractivity (Wildman–Crippen MR) is 133 cm³/mol. The van der Waals surface area contributed by atoms with Crippen LogP contribution >= 0.6 is 11.8 Å². The first-order chi connectivity index (χ1) is 16.3. The Kier molecular flexibility index (Phi) is 6.30. The average Bonchev–Trinajstić information content (AvgIpc) is 3.00. The van der Waals surface area contributed by atoms with E-state index in [9.17, 15) is 0 Å². The van der Waals surface area contributed by atoms with Crippen molar-refractivity contribution >= 4 is 28.2 Å². The summed E-state index contributed by atoms with van der Waals surface area (Å²) in [6.07, 6.45) is 1.56. The predicted octanol–water partition coefficient (Wildman–Crippen LogP) is 6.49. The highest BCUT2D eigenvalue weighted by Gasteiger charge is 2.29. The van der Waals surface area contributed by atoms with Crippen LogP contribution in [0.15, 0.2) is 65.8 Å². The molecule has 0 fully saturated rings. The van der Waals surface area contributed by atoms with Crippen molar-refractivity contribution in [2.24, 2.45) is 0 Å². The topological polar surface area (TPSA) is 69.2 Å². The summed E-state index contributed by atoms with van der Waals surface area (Å²) in [5, 5.41) is 15.2. The second-order valence-electron chi connectivity index (χ2n) is 7.77. The molecule has 6 nitrogen and oxygen atoms in total. The van der Waals surface area contributed by atoms with Crippen LogP contribution in [0.25, 0.3) is 22.0 Å². The fourth-order valence-corrected chi connectivity index (χ4v) is 4.47. The van der Waals surface area contributed by atoms with Gasteiger partial charge < -0.3 is 14.8 Å². The average molecular weight is 459 g/mol. The van der Waals surface area contributed by atoms with E-state index in [1.165, 1.54) is 0 Å². The van der Waals surface area contributed by atoms with Crippen LogP contribution in [0, 0.1) is 0 Å². The van der Waals surface area contributed by atoms with Crippen LogP contribution < -0.4 is 14.8 Å². The third kappa shape index (κ3) is 4.33. The molecule has 1 N–H and O–H groups in total. The lowest BCUT2D eigenvalue weighted by molar-refractivity contribution is 0.217. The molecule has 0 saturated heterocycles. The molecule has 0 amide bonds. The highest BCUT2D eigenvalue weighted by Crippen LogP contribution is 2.43. The minimum atomic E-state index is -0.508. The second kappa shape index (κ2) is 9.67. The molecule has 1 aliphatic heterocycles. The van der Waals surface area contributed by atoms with Gasteiger partial charge in [0, 0.05) is 11.3 Å². The second-order valence-corrected chi connectivity index (χ2v) is 9.00.